The smallest absolute Gasteiger partial charge is 0.269 e. The Morgan fingerprint density at radius 2 is 1.35 bits per heavy atom. The van der Waals surface area contributed by atoms with Gasteiger partial charge in [0, 0.05) is 28.9 Å². The first-order chi connectivity index (χ1) is 12.7. The largest absolute Gasteiger partial charge is 0.298 e. The summed E-state index contributed by atoms with van der Waals surface area (Å²) in [5.41, 5.74) is 4.76. The van der Waals surface area contributed by atoms with Crippen LogP contribution < -0.4 is 0 Å². The number of nitro groups is 1. The van der Waals surface area contributed by atoms with Gasteiger partial charge in [0.2, 0.25) is 0 Å². The fraction of sp³-hybridized carbons (Fsp3) is 0. The molecule has 0 amide bonds. The molecule has 0 spiro atoms. The van der Waals surface area contributed by atoms with Crippen molar-refractivity contribution in [1.82, 2.24) is 9.55 Å². The summed E-state index contributed by atoms with van der Waals surface area (Å²) >= 11 is 0. The number of hydrogen-bond acceptors (Lipinski definition) is 3. The molecule has 0 unspecified atom stereocenters. The molecule has 4 aromatic rings. The fourth-order valence-electron chi connectivity index (χ4n) is 2.96. The molecule has 4 rings (SSSR count). The molecule has 5 heteroatoms. The molecular weight excluding hydrogens is 326 g/mol. The normalized spacial score (nSPS) is 10.6. The minimum absolute atomic E-state index is 0.0680. The number of aromatic nitrogens is 2. The summed E-state index contributed by atoms with van der Waals surface area (Å²) in [6, 6.07) is 26.5. The maximum atomic E-state index is 10.9. The van der Waals surface area contributed by atoms with Crippen LogP contribution in [-0.4, -0.2) is 14.5 Å². The van der Waals surface area contributed by atoms with Crippen LogP contribution in [0.15, 0.2) is 91.3 Å². The van der Waals surface area contributed by atoms with Gasteiger partial charge in [-0.1, -0.05) is 60.7 Å². The number of imidazole rings is 1. The number of hydrogen-bond donors (Lipinski definition) is 0. The summed E-state index contributed by atoms with van der Waals surface area (Å²) in [7, 11) is 0. The lowest BCUT2D eigenvalue weighted by molar-refractivity contribution is -0.384. The molecule has 0 N–H and O–H groups in total. The predicted octanol–water partition coefficient (Wildman–Crippen LogP) is 5.11. The molecule has 1 heterocycles. The van der Waals surface area contributed by atoms with Crippen molar-refractivity contribution in [3.8, 4) is 28.2 Å². The van der Waals surface area contributed by atoms with Gasteiger partial charge in [-0.05, 0) is 12.1 Å². The molecule has 0 aliphatic heterocycles. The number of non-ortho nitro benzene ring substituents is 1. The predicted molar refractivity (Wildman–Crippen MR) is 101 cm³/mol. The molecule has 3 aromatic carbocycles. The molecule has 0 fully saturated rings. The van der Waals surface area contributed by atoms with E-state index >= 15 is 0 Å². The summed E-state index contributed by atoms with van der Waals surface area (Å²) in [6.45, 7) is 0. The van der Waals surface area contributed by atoms with Crippen LogP contribution in [0.4, 0.5) is 5.69 Å². The van der Waals surface area contributed by atoms with Crippen LogP contribution in [0.5, 0.6) is 0 Å². The van der Waals surface area contributed by atoms with Gasteiger partial charge in [-0.3, -0.25) is 14.7 Å². The third-order valence-corrected chi connectivity index (χ3v) is 4.20. The second-order valence-corrected chi connectivity index (χ2v) is 5.82. The molecule has 0 radical (unpaired) electrons. The van der Waals surface area contributed by atoms with E-state index in [0.29, 0.717) is 0 Å². The maximum Gasteiger partial charge on any atom is 0.269 e. The van der Waals surface area contributed by atoms with Crippen molar-refractivity contribution in [2.45, 2.75) is 0 Å². The highest BCUT2D eigenvalue weighted by Crippen LogP contribution is 2.33. The van der Waals surface area contributed by atoms with Crippen LogP contribution >= 0.6 is 0 Å². The van der Waals surface area contributed by atoms with E-state index in [1.807, 2.05) is 65.2 Å². The van der Waals surface area contributed by atoms with Crippen LogP contribution in [0, 0.1) is 10.1 Å². The summed E-state index contributed by atoms with van der Waals surface area (Å²) in [6.07, 6.45) is 1.76. The summed E-state index contributed by atoms with van der Waals surface area (Å²) < 4.78 is 1.96. The Kier molecular flexibility index (Phi) is 4.03. The minimum atomic E-state index is -0.398. The Balaban J connectivity index is 1.90. The first-order valence-corrected chi connectivity index (χ1v) is 8.17. The van der Waals surface area contributed by atoms with Crippen LogP contribution in [0.1, 0.15) is 0 Å². The lowest BCUT2D eigenvalue weighted by Gasteiger charge is -2.11. The number of benzene rings is 3. The monoisotopic (exact) mass is 341 g/mol. The van der Waals surface area contributed by atoms with Gasteiger partial charge in [-0.15, -0.1) is 0 Å². The second-order valence-electron chi connectivity index (χ2n) is 5.82. The van der Waals surface area contributed by atoms with Crippen LogP contribution in [0.25, 0.3) is 28.2 Å². The van der Waals surface area contributed by atoms with E-state index in [1.54, 1.807) is 18.5 Å². The molecule has 0 atom stereocenters. The third kappa shape index (κ3) is 2.86. The van der Waals surface area contributed by atoms with Crippen molar-refractivity contribution < 1.29 is 4.92 Å². The van der Waals surface area contributed by atoms with Gasteiger partial charge >= 0.3 is 0 Å². The standard InChI is InChI=1S/C21H15N3O2/c25-24(26)19-13-11-18(12-14-19)23-15-22-20(16-7-3-1-4-8-16)21(23)17-9-5-2-6-10-17/h1-15H. The van der Waals surface area contributed by atoms with Gasteiger partial charge in [0.25, 0.3) is 5.69 Å². The average molecular weight is 341 g/mol. The highest BCUT2D eigenvalue weighted by Gasteiger charge is 2.16. The number of nitrogens with zero attached hydrogens (tertiary/aromatic N) is 3. The molecule has 0 saturated heterocycles. The first kappa shape index (κ1) is 15.8. The van der Waals surface area contributed by atoms with E-state index in [-0.39, 0.29) is 5.69 Å². The van der Waals surface area contributed by atoms with Gasteiger partial charge in [0.05, 0.1) is 16.3 Å². The molecule has 126 valence electrons. The maximum absolute atomic E-state index is 10.9. The van der Waals surface area contributed by atoms with E-state index < -0.39 is 4.92 Å². The third-order valence-electron chi connectivity index (χ3n) is 4.20. The van der Waals surface area contributed by atoms with Gasteiger partial charge in [-0.25, -0.2) is 4.98 Å². The Labute approximate surface area is 150 Å². The SMILES string of the molecule is O=[N+]([O-])c1ccc(-n2cnc(-c3ccccc3)c2-c2ccccc2)cc1. The average Bonchev–Trinajstić information content (AvgIpc) is 3.14. The Bertz CT molecular complexity index is 1040. The lowest BCUT2D eigenvalue weighted by Crippen LogP contribution is -1.97. The van der Waals surface area contributed by atoms with E-state index in [0.717, 1.165) is 28.2 Å². The zero-order chi connectivity index (χ0) is 17.9. The molecule has 0 aliphatic carbocycles. The zero-order valence-electron chi connectivity index (χ0n) is 13.8. The zero-order valence-corrected chi connectivity index (χ0v) is 13.8. The van der Waals surface area contributed by atoms with Crippen molar-refractivity contribution in [3.63, 3.8) is 0 Å². The number of nitro benzene ring substituents is 1. The van der Waals surface area contributed by atoms with E-state index in [1.165, 1.54) is 12.1 Å². The minimum Gasteiger partial charge on any atom is -0.298 e. The Morgan fingerprint density at radius 1 is 0.769 bits per heavy atom. The number of rotatable bonds is 4. The van der Waals surface area contributed by atoms with Crippen LogP contribution in [0.3, 0.4) is 0 Å². The quantitative estimate of drug-likeness (QED) is 0.382. The Morgan fingerprint density at radius 3 is 1.92 bits per heavy atom. The summed E-state index contributed by atoms with van der Waals surface area (Å²) in [5, 5.41) is 10.9. The van der Waals surface area contributed by atoms with E-state index in [2.05, 4.69) is 4.98 Å². The summed E-state index contributed by atoms with van der Waals surface area (Å²) in [4.78, 5) is 15.1. The highest BCUT2D eigenvalue weighted by atomic mass is 16.6. The Hall–Kier alpha value is -3.73. The van der Waals surface area contributed by atoms with E-state index in [4.69, 9.17) is 0 Å². The summed E-state index contributed by atoms with van der Waals surface area (Å²) in [5.74, 6) is 0. The molecule has 5 nitrogen and oxygen atoms in total. The molecule has 0 saturated carbocycles. The van der Waals surface area contributed by atoms with Crippen molar-refractivity contribution in [3.05, 3.63) is 101 Å². The molecule has 0 aliphatic rings. The lowest BCUT2D eigenvalue weighted by atomic mass is 10.0. The first-order valence-electron chi connectivity index (χ1n) is 8.17. The van der Waals surface area contributed by atoms with Crippen molar-refractivity contribution in [1.29, 1.82) is 0 Å². The van der Waals surface area contributed by atoms with Gasteiger partial charge < -0.3 is 0 Å². The van der Waals surface area contributed by atoms with Crippen molar-refractivity contribution in [2.75, 3.05) is 0 Å². The second kappa shape index (κ2) is 6.64. The molecule has 0 bridgehead atoms. The topological polar surface area (TPSA) is 61.0 Å². The molecular formula is C21H15N3O2. The van der Waals surface area contributed by atoms with E-state index in [9.17, 15) is 10.1 Å². The van der Waals surface area contributed by atoms with Crippen molar-refractivity contribution >= 4 is 5.69 Å². The fourth-order valence-corrected chi connectivity index (χ4v) is 2.96. The van der Waals surface area contributed by atoms with Gasteiger partial charge in [0.1, 0.15) is 6.33 Å². The van der Waals surface area contributed by atoms with Crippen molar-refractivity contribution in [2.24, 2.45) is 0 Å². The van der Waals surface area contributed by atoms with Gasteiger partial charge in [-0.2, -0.15) is 0 Å². The highest BCUT2D eigenvalue weighted by molar-refractivity contribution is 5.80. The molecule has 1 aromatic heterocycles. The van der Waals surface area contributed by atoms with Crippen LogP contribution in [-0.2, 0) is 0 Å². The molecule has 26 heavy (non-hydrogen) atoms. The van der Waals surface area contributed by atoms with Gasteiger partial charge in [0.15, 0.2) is 0 Å². The van der Waals surface area contributed by atoms with Crippen LogP contribution in [0.2, 0.25) is 0 Å².